The third kappa shape index (κ3) is 5.94. The van der Waals surface area contributed by atoms with Crippen LogP contribution >= 0.6 is 0 Å². The molecule has 0 fully saturated rings. The number of carbonyl (C=O) groups is 2. The minimum Gasteiger partial charge on any atom is -0.466 e. The molecule has 1 atom stereocenters. The van der Waals surface area contributed by atoms with E-state index in [1.165, 1.54) is 12.1 Å². The van der Waals surface area contributed by atoms with Crippen molar-refractivity contribution in [3.05, 3.63) is 65.1 Å². The summed E-state index contributed by atoms with van der Waals surface area (Å²) in [7, 11) is 1.90. The molecular weight excluding hydrogens is 435 g/mol. The fraction of sp³-hybridized carbons (Fsp3) is 0.385. The maximum Gasteiger partial charge on any atom is 0.276 e. The van der Waals surface area contributed by atoms with E-state index in [1.807, 2.05) is 38.5 Å². The molecule has 1 unspecified atom stereocenters. The van der Waals surface area contributed by atoms with Gasteiger partial charge in [-0.25, -0.2) is 4.39 Å². The zero-order valence-electron chi connectivity index (χ0n) is 20.2. The topological polar surface area (TPSA) is 84.4 Å². The van der Waals surface area contributed by atoms with Gasteiger partial charge in [0.2, 0.25) is 6.23 Å². The van der Waals surface area contributed by atoms with Crippen LogP contribution in [0, 0.1) is 12.7 Å². The van der Waals surface area contributed by atoms with E-state index in [4.69, 9.17) is 4.74 Å². The summed E-state index contributed by atoms with van der Waals surface area (Å²) in [6, 6.07) is 11.5. The SMILES string of the molecule is CCCNC(=O)C(NCCC)Oc1ccc2c(c1)c(C(=O)NCc1ccc(F)cc1)c(C)n2C. The number of nitrogens with one attached hydrogen (secondary N) is 3. The number of nitrogens with zero attached hydrogens (tertiary/aromatic N) is 1. The first kappa shape index (κ1) is 25.2. The number of ether oxygens (including phenoxy) is 1. The van der Waals surface area contributed by atoms with Gasteiger partial charge in [-0.15, -0.1) is 0 Å². The van der Waals surface area contributed by atoms with Crippen molar-refractivity contribution in [3.63, 3.8) is 0 Å². The van der Waals surface area contributed by atoms with Crippen LogP contribution in [0.2, 0.25) is 0 Å². The lowest BCUT2D eigenvalue weighted by molar-refractivity contribution is -0.129. The molecule has 1 heterocycles. The Labute approximate surface area is 199 Å². The summed E-state index contributed by atoms with van der Waals surface area (Å²) in [5.41, 5.74) is 3.04. The van der Waals surface area contributed by atoms with Gasteiger partial charge in [-0.2, -0.15) is 0 Å². The molecule has 0 aliphatic rings. The molecule has 7 nitrogen and oxygen atoms in total. The van der Waals surface area contributed by atoms with E-state index in [1.54, 1.807) is 24.3 Å². The van der Waals surface area contributed by atoms with Gasteiger partial charge in [0.05, 0.1) is 5.56 Å². The van der Waals surface area contributed by atoms with E-state index in [2.05, 4.69) is 16.0 Å². The second-order valence-electron chi connectivity index (χ2n) is 8.25. The van der Waals surface area contributed by atoms with Gasteiger partial charge in [0.15, 0.2) is 0 Å². The van der Waals surface area contributed by atoms with Crippen molar-refractivity contribution in [1.29, 1.82) is 0 Å². The first-order valence-corrected chi connectivity index (χ1v) is 11.6. The van der Waals surface area contributed by atoms with Crippen molar-refractivity contribution in [1.82, 2.24) is 20.5 Å². The second-order valence-corrected chi connectivity index (χ2v) is 8.25. The van der Waals surface area contributed by atoms with Crippen LogP contribution in [0.25, 0.3) is 10.9 Å². The highest BCUT2D eigenvalue weighted by molar-refractivity contribution is 6.08. The average molecular weight is 469 g/mol. The van der Waals surface area contributed by atoms with E-state index in [0.717, 1.165) is 35.0 Å². The quantitative estimate of drug-likeness (QED) is 0.374. The number of carbonyl (C=O) groups excluding carboxylic acids is 2. The Morgan fingerprint density at radius 1 is 1.03 bits per heavy atom. The van der Waals surface area contributed by atoms with E-state index in [9.17, 15) is 14.0 Å². The van der Waals surface area contributed by atoms with Gasteiger partial charge in [-0.3, -0.25) is 14.9 Å². The number of benzene rings is 2. The summed E-state index contributed by atoms with van der Waals surface area (Å²) in [6.45, 7) is 7.38. The van der Waals surface area contributed by atoms with Crippen molar-refractivity contribution >= 4 is 22.7 Å². The maximum absolute atomic E-state index is 13.2. The molecule has 2 amide bonds. The van der Waals surface area contributed by atoms with Crippen LogP contribution in [-0.2, 0) is 18.4 Å². The number of fused-ring (bicyclic) bond motifs is 1. The number of amides is 2. The van der Waals surface area contributed by atoms with Crippen LogP contribution in [0.5, 0.6) is 5.75 Å². The van der Waals surface area contributed by atoms with Crippen molar-refractivity contribution in [3.8, 4) is 5.75 Å². The van der Waals surface area contributed by atoms with Crippen molar-refractivity contribution < 1.29 is 18.7 Å². The Kier molecular flexibility index (Phi) is 8.65. The van der Waals surface area contributed by atoms with Crippen LogP contribution in [0.3, 0.4) is 0 Å². The number of halogens is 1. The predicted octanol–water partition coefficient (Wildman–Crippen LogP) is 3.79. The Morgan fingerprint density at radius 3 is 2.41 bits per heavy atom. The maximum atomic E-state index is 13.2. The minimum atomic E-state index is -0.829. The summed E-state index contributed by atoms with van der Waals surface area (Å²) in [5.74, 6) is -0.281. The molecule has 0 saturated carbocycles. The van der Waals surface area contributed by atoms with Gasteiger partial charge in [-0.1, -0.05) is 26.0 Å². The minimum absolute atomic E-state index is 0.225. The molecule has 0 aliphatic heterocycles. The molecular formula is C26H33FN4O3. The largest absolute Gasteiger partial charge is 0.466 e. The number of aryl methyl sites for hydroxylation is 1. The van der Waals surface area contributed by atoms with Crippen molar-refractivity contribution in [2.24, 2.45) is 7.05 Å². The molecule has 8 heteroatoms. The molecule has 0 radical (unpaired) electrons. The van der Waals surface area contributed by atoms with E-state index < -0.39 is 6.23 Å². The fourth-order valence-electron chi connectivity index (χ4n) is 3.72. The Bertz CT molecular complexity index is 1140. The Morgan fingerprint density at radius 2 is 1.74 bits per heavy atom. The monoisotopic (exact) mass is 468 g/mol. The lowest BCUT2D eigenvalue weighted by Crippen LogP contribution is -2.48. The average Bonchev–Trinajstić information content (AvgIpc) is 3.08. The zero-order valence-corrected chi connectivity index (χ0v) is 20.2. The number of rotatable bonds is 11. The fourth-order valence-corrected chi connectivity index (χ4v) is 3.72. The molecule has 3 rings (SSSR count). The normalized spacial score (nSPS) is 11.9. The van der Waals surface area contributed by atoms with Gasteiger partial charge in [-0.05, 0) is 62.2 Å². The molecule has 182 valence electrons. The zero-order chi connectivity index (χ0) is 24.7. The van der Waals surface area contributed by atoms with Crippen molar-refractivity contribution in [2.45, 2.75) is 46.4 Å². The van der Waals surface area contributed by atoms with Gasteiger partial charge in [0.1, 0.15) is 11.6 Å². The first-order chi connectivity index (χ1) is 16.3. The smallest absolute Gasteiger partial charge is 0.276 e. The molecule has 3 N–H and O–H groups in total. The molecule has 34 heavy (non-hydrogen) atoms. The second kappa shape index (κ2) is 11.7. The standard InChI is InChI=1S/C26H33FN4O3/c1-5-13-28-25(33)26(29-14-6-2)34-20-11-12-22-21(15-20)23(17(3)31(22)4)24(32)30-16-18-7-9-19(27)10-8-18/h7-12,15,26,29H,5-6,13-14,16H2,1-4H3,(H,28,33)(H,30,32). The van der Waals surface area contributed by atoms with E-state index >= 15 is 0 Å². The molecule has 1 aromatic heterocycles. The molecule has 0 saturated heterocycles. The van der Waals surface area contributed by atoms with Crippen LogP contribution < -0.4 is 20.7 Å². The van der Waals surface area contributed by atoms with Gasteiger partial charge in [0.25, 0.3) is 11.8 Å². The summed E-state index contributed by atoms with van der Waals surface area (Å²) in [6.07, 6.45) is 0.859. The molecule has 0 spiro atoms. The summed E-state index contributed by atoms with van der Waals surface area (Å²) in [4.78, 5) is 25.7. The Balaban J connectivity index is 1.85. The van der Waals surface area contributed by atoms with Crippen molar-refractivity contribution in [2.75, 3.05) is 13.1 Å². The summed E-state index contributed by atoms with van der Waals surface area (Å²) < 4.78 is 21.1. The highest BCUT2D eigenvalue weighted by atomic mass is 19.1. The van der Waals surface area contributed by atoms with Gasteiger partial charge in [0, 0.05) is 36.7 Å². The van der Waals surface area contributed by atoms with Crippen LogP contribution in [0.1, 0.15) is 48.3 Å². The summed E-state index contributed by atoms with van der Waals surface area (Å²) >= 11 is 0. The lowest BCUT2D eigenvalue weighted by atomic mass is 10.1. The third-order valence-corrected chi connectivity index (χ3v) is 5.68. The van der Waals surface area contributed by atoms with Gasteiger partial charge < -0.3 is 19.9 Å². The Hall–Kier alpha value is -3.39. The first-order valence-electron chi connectivity index (χ1n) is 11.6. The predicted molar refractivity (Wildman–Crippen MR) is 131 cm³/mol. The van der Waals surface area contributed by atoms with Gasteiger partial charge >= 0.3 is 0 Å². The van der Waals surface area contributed by atoms with Crippen LogP contribution in [0.15, 0.2) is 42.5 Å². The number of hydrogen-bond donors (Lipinski definition) is 3. The highest BCUT2D eigenvalue weighted by Gasteiger charge is 2.22. The summed E-state index contributed by atoms with van der Waals surface area (Å²) in [5, 5.41) is 9.64. The molecule has 0 aliphatic carbocycles. The van der Waals surface area contributed by atoms with E-state index in [-0.39, 0.29) is 24.2 Å². The van der Waals surface area contributed by atoms with Crippen LogP contribution in [0.4, 0.5) is 4.39 Å². The number of hydrogen-bond acceptors (Lipinski definition) is 4. The highest BCUT2D eigenvalue weighted by Crippen LogP contribution is 2.29. The lowest BCUT2D eigenvalue weighted by Gasteiger charge is -2.20. The molecule has 3 aromatic rings. The molecule has 2 aromatic carbocycles. The third-order valence-electron chi connectivity index (χ3n) is 5.68. The van der Waals surface area contributed by atoms with E-state index in [0.29, 0.717) is 24.4 Å². The molecule has 0 bridgehead atoms. The number of aromatic nitrogens is 1. The van der Waals surface area contributed by atoms with Crippen LogP contribution in [-0.4, -0.2) is 35.7 Å².